The Morgan fingerprint density at radius 3 is 2.50 bits per heavy atom. The zero-order valence-corrected chi connectivity index (χ0v) is 10.6. The second-order valence-electron chi connectivity index (χ2n) is 3.82. The van der Waals surface area contributed by atoms with Crippen LogP contribution < -0.4 is 0 Å². The van der Waals surface area contributed by atoms with Gasteiger partial charge in [-0.15, -0.1) is 6.58 Å². The molecule has 0 saturated heterocycles. The molecule has 0 bridgehead atoms. The molecule has 0 fully saturated rings. The predicted molar refractivity (Wildman–Crippen MR) is 66.4 cm³/mol. The summed E-state index contributed by atoms with van der Waals surface area (Å²) in [6, 6.07) is 6.53. The average molecular weight is 252 g/mol. The molecule has 0 unspecified atom stereocenters. The molecular formula is C13H16Br. The minimum Gasteiger partial charge on any atom is -0.102 e. The molecule has 1 aromatic rings. The molecule has 0 aliphatic rings. The second-order valence-corrected chi connectivity index (χ2v) is 4.73. The number of hydrogen-bond donors (Lipinski definition) is 0. The standard InChI is InChI=1S/C13H16Br/c1-5-10(4)12-6-11(9(2)3)7-13(14)8-12/h5-9H,1H2,2-4H3. The first-order valence-corrected chi connectivity index (χ1v) is 5.60. The largest absolute Gasteiger partial charge is 0.102 e. The first-order valence-electron chi connectivity index (χ1n) is 4.81. The van der Waals surface area contributed by atoms with Gasteiger partial charge in [0.25, 0.3) is 0 Å². The van der Waals surface area contributed by atoms with Crippen molar-refractivity contribution >= 4 is 15.9 Å². The molecule has 0 saturated carbocycles. The maximum absolute atomic E-state index is 3.79. The van der Waals surface area contributed by atoms with E-state index in [1.807, 2.05) is 6.08 Å². The Bertz CT molecular complexity index is 326. The van der Waals surface area contributed by atoms with Crippen LogP contribution in [0.4, 0.5) is 0 Å². The summed E-state index contributed by atoms with van der Waals surface area (Å²) in [5.41, 5.74) is 2.61. The topological polar surface area (TPSA) is 0 Å². The molecule has 0 N–H and O–H groups in total. The van der Waals surface area contributed by atoms with Gasteiger partial charge in [0.15, 0.2) is 0 Å². The number of rotatable bonds is 3. The Hall–Kier alpha value is -0.560. The summed E-state index contributed by atoms with van der Waals surface area (Å²) in [5.74, 6) is 1.78. The van der Waals surface area contributed by atoms with Gasteiger partial charge in [-0.3, -0.25) is 0 Å². The fraction of sp³-hybridized carbons (Fsp3) is 0.308. The lowest BCUT2D eigenvalue weighted by molar-refractivity contribution is 0.863. The van der Waals surface area contributed by atoms with Crippen LogP contribution in [-0.2, 0) is 0 Å². The van der Waals surface area contributed by atoms with E-state index in [4.69, 9.17) is 0 Å². The lowest BCUT2D eigenvalue weighted by atomic mass is 9.95. The summed E-state index contributed by atoms with van der Waals surface area (Å²) >= 11 is 3.53. The van der Waals surface area contributed by atoms with Crippen molar-refractivity contribution in [2.45, 2.75) is 26.7 Å². The van der Waals surface area contributed by atoms with Crippen LogP contribution in [0, 0.1) is 5.92 Å². The monoisotopic (exact) mass is 251 g/mol. The maximum atomic E-state index is 3.79. The molecular weight excluding hydrogens is 236 g/mol. The van der Waals surface area contributed by atoms with Crippen LogP contribution >= 0.6 is 15.9 Å². The summed E-state index contributed by atoms with van der Waals surface area (Å²) in [4.78, 5) is 0. The van der Waals surface area contributed by atoms with Crippen LogP contribution in [0.25, 0.3) is 0 Å². The van der Waals surface area contributed by atoms with Crippen LogP contribution in [0.15, 0.2) is 35.3 Å². The van der Waals surface area contributed by atoms with Crippen molar-refractivity contribution in [1.29, 1.82) is 0 Å². The third kappa shape index (κ3) is 2.71. The molecule has 1 rings (SSSR count). The van der Waals surface area contributed by atoms with Crippen molar-refractivity contribution in [3.05, 3.63) is 52.4 Å². The number of halogens is 1. The maximum Gasteiger partial charge on any atom is 0.0230 e. The lowest BCUT2D eigenvalue weighted by Crippen LogP contribution is -1.94. The molecule has 75 valence electrons. The van der Waals surface area contributed by atoms with Crippen LogP contribution in [0.3, 0.4) is 0 Å². The molecule has 0 heterocycles. The molecule has 0 aromatic heterocycles. The average Bonchev–Trinajstić information content (AvgIpc) is 2.15. The van der Waals surface area contributed by atoms with Crippen molar-refractivity contribution in [3.8, 4) is 0 Å². The summed E-state index contributed by atoms with van der Waals surface area (Å²) in [5, 5.41) is 0. The van der Waals surface area contributed by atoms with Crippen molar-refractivity contribution < 1.29 is 0 Å². The van der Waals surface area contributed by atoms with Crippen LogP contribution in [-0.4, -0.2) is 0 Å². The Labute approximate surface area is 95.2 Å². The molecule has 14 heavy (non-hydrogen) atoms. The fourth-order valence-electron chi connectivity index (χ4n) is 1.29. The van der Waals surface area contributed by atoms with Gasteiger partial charge in [-0.05, 0) is 29.2 Å². The number of hydrogen-bond acceptors (Lipinski definition) is 0. The smallest absolute Gasteiger partial charge is 0.0230 e. The van der Waals surface area contributed by atoms with Crippen LogP contribution in [0.5, 0.6) is 0 Å². The first kappa shape index (κ1) is 11.5. The molecule has 0 nitrogen and oxygen atoms in total. The zero-order chi connectivity index (χ0) is 10.7. The predicted octanol–water partition coefficient (Wildman–Crippen LogP) is 4.70. The van der Waals surface area contributed by atoms with Gasteiger partial charge in [-0.1, -0.05) is 48.8 Å². The Balaban J connectivity index is 3.13. The number of allylic oxidation sites excluding steroid dienone is 1. The minimum absolute atomic E-state index is 0.559. The normalized spacial score (nSPS) is 11.0. The summed E-state index contributed by atoms with van der Waals surface area (Å²) in [6.07, 6.45) is 1.89. The van der Waals surface area contributed by atoms with Gasteiger partial charge >= 0.3 is 0 Å². The van der Waals surface area contributed by atoms with Gasteiger partial charge in [-0.25, -0.2) is 0 Å². The Morgan fingerprint density at radius 1 is 1.36 bits per heavy atom. The lowest BCUT2D eigenvalue weighted by Gasteiger charge is -2.11. The van der Waals surface area contributed by atoms with E-state index in [1.165, 1.54) is 17.0 Å². The van der Waals surface area contributed by atoms with Crippen molar-refractivity contribution in [1.82, 2.24) is 0 Å². The van der Waals surface area contributed by atoms with E-state index in [1.54, 1.807) is 0 Å². The summed E-state index contributed by atoms with van der Waals surface area (Å²) in [6.45, 7) is 10.3. The SMILES string of the molecule is C=C[C](C)c1cc(Br)cc(C(C)C)c1. The van der Waals surface area contributed by atoms with E-state index in [2.05, 4.69) is 61.5 Å². The van der Waals surface area contributed by atoms with Crippen LogP contribution in [0.2, 0.25) is 0 Å². The zero-order valence-electron chi connectivity index (χ0n) is 8.97. The Morgan fingerprint density at radius 2 is 2.00 bits per heavy atom. The van der Waals surface area contributed by atoms with Gasteiger partial charge < -0.3 is 0 Å². The first-order chi connectivity index (χ1) is 6.54. The summed E-state index contributed by atoms with van der Waals surface area (Å²) in [7, 11) is 0. The molecule has 0 aliphatic carbocycles. The highest BCUT2D eigenvalue weighted by molar-refractivity contribution is 9.10. The van der Waals surface area contributed by atoms with Crippen molar-refractivity contribution in [2.75, 3.05) is 0 Å². The Kier molecular flexibility index (Phi) is 3.94. The van der Waals surface area contributed by atoms with E-state index >= 15 is 0 Å². The van der Waals surface area contributed by atoms with E-state index in [0.717, 1.165) is 4.47 Å². The highest BCUT2D eigenvalue weighted by Crippen LogP contribution is 2.26. The fourth-order valence-corrected chi connectivity index (χ4v) is 1.80. The van der Waals surface area contributed by atoms with Gasteiger partial charge in [0.05, 0.1) is 0 Å². The van der Waals surface area contributed by atoms with Gasteiger partial charge in [0.2, 0.25) is 0 Å². The molecule has 1 heteroatoms. The molecule has 0 aliphatic heterocycles. The molecule has 0 atom stereocenters. The van der Waals surface area contributed by atoms with Crippen molar-refractivity contribution in [3.63, 3.8) is 0 Å². The van der Waals surface area contributed by atoms with Crippen LogP contribution in [0.1, 0.15) is 37.8 Å². The third-order valence-corrected chi connectivity index (χ3v) is 2.81. The van der Waals surface area contributed by atoms with Crippen molar-refractivity contribution in [2.24, 2.45) is 0 Å². The quantitative estimate of drug-likeness (QED) is 0.731. The van der Waals surface area contributed by atoms with E-state index in [-0.39, 0.29) is 0 Å². The molecule has 1 radical (unpaired) electrons. The minimum atomic E-state index is 0.559. The van der Waals surface area contributed by atoms with Gasteiger partial charge in [0.1, 0.15) is 0 Å². The highest BCUT2D eigenvalue weighted by Gasteiger charge is 2.06. The molecule has 0 spiro atoms. The van der Waals surface area contributed by atoms with Gasteiger partial charge in [0, 0.05) is 10.4 Å². The van der Waals surface area contributed by atoms with Gasteiger partial charge in [-0.2, -0.15) is 0 Å². The highest BCUT2D eigenvalue weighted by atomic mass is 79.9. The van der Waals surface area contributed by atoms with E-state index < -0.39 is 0 Å². The summed E-state index contributed by atoms with van der Waals surface area (Å²) < 4.78 is 1.14. The number of benzene rings is 1. The van der Waals surface area contributed by atoms with E-state index in [9.17, 15) is 0 Å². The molecule has 1 aromatic carbocycles. The van der Waals surface area contributed by atoms with E-state index in [0.29, 0.717) is 5.92 Å². The second kappa shape index (κ2) is 4.79. The molecule has 0 amide bonds. The third-order valence-electron chi connectivity index (χ3n) is 2.35.